The second-order valence-electron chi connectivity index (χ2n) is 5.80. The van der Waals surface area contributed by atoms with Crippen LogP contribution in [0.4, 0.5) is 4.39 Å². The molecular formula is C20H19FN2O2S. The first kappa shape index (κ1) is 18.1. The Hall–Kier alpha value is -2.73. The molecule has 0 saturated heterocycles. The van der Waals surface area contributed by atoms with Crippen molar-refractivity contribution in [2.45, 2.75) is 13.3 Å². The molecule has 1 aromatic heterocycles. The van der Waals surface area contributed by atoms with Crippen LogP contribution in [0.3, 0.4) is 0 Å². The molecule has 1 heterocycles. The standard InChI is InChI=1S/C20H19FN2O2S/c1-13-23-18(12-26-13)15-4-6-16(7-5-15)20(24)22-10-9-14-3-8-19(25-2)17(21)11-14/h3-8,11-12H,9-10H2,1-2H3,(H,22,24). The number of hydrogen-bond donors (Lipinski definition) is 1. The molecule has 1 N–H and O–H groups in total. The maximum absolute atomic E-state index is 13.7. The number of carbonyl (C=O) groups excluding carboxylic acids is 1. The van der Waals surface area contributed by atoms with Crippen LogP contribution in [0.1, 0.15) is 20.9 Å². The van der Waals surface area contributed by atoms with Crippen molar-refractivity contribution in [3.63, 3.8) is 0 Å². The van der Waals surface area contributed by atoms with E-state index in [0.717, 1.165) is 21.8 Å². The Balaban J connectivity index is 1.55. The molecule has 0 spiro atoms. The quantitative estimate of drug-likeness (QED) is 0.706. The lowest BCUT2D eigenvalue weighted by molar-refractivity contribution is 0.0954. The van der Waals surface area contributed by atoms with Gasteiger partial charge in [-0.05, 0) is 43.2 Å². The van der Waals surface area contributed by atoms with Crippen LogP contribution in [-0.2, 0) is 6.42 Å². The van der Waals surface area contributed by atoms with E-state index in [1.165, 1.54) is 13.2 Å². The van der Waals surface area contributed by atoms with Crippen LogP contribution in [-0.4, -0.2) is 24.5 Å². The maximum atomic E-state index is 13.7. The summed E-state index contributed by atoms with van der Waals surface area (Å²) >= 11 is 1.60. The van der Waals surface area contributed by atoms with E-state index in [0.29, 0.717) is 18.5 Å². The highest BCUT2D eigenvalue weighted by molar-refractivity contribution is 7.09. The molecule has 26 heavy (non-hydrogen) atoms. The number of aromatic nitrogens is 1. The molecule has 0 aliphatic carbocycles. The molecule has 0 radical (unpaired) electrons. The number of ether oxygens (including phenoxy) is 1. The average molecular weight is 370 g/mol. The molecular weight excluding hydrogens is 351 g/mol. The number of rotatable bonds is 6. The second-order valence-corrected chi connectivity index (χ2v) is 6.87. The summed E-state index contributed by atoms with van der Waals surface area (Å²) < 4.78 is 18.6. The summed E-state index contributed by atoms with van der Waals surface area (Å²) in [4.78, 5) is 16.7. The van der Waals surface area contributed by atoms with Crippen molar-refractivity contribution in [1.82, 2.24) is 10.3 Å². The zero-order valence-electron chi connectivity index (χ0n) is 14.6. The number of aryl methyl sites for hydroxylation is 1. The van der Waals surface area contributed by atoms with Crippen LogP contribution in [0, 0.1) is 12.7 Å². The van der Waals surface area contributed by atoms with Gasteiger partial charge < -0.3 is 10.1 Å². The Labute approximate surface area is 155 Å². The number of nitrogens with one attached hydrogen (secondary N) is 1. The molecule has 0 atom stereocenters. The van der Waals surface area contributed by atoms with Crippen LogP contribution in [0.15, 0.2) is 47.8 Å². The monoisotopic (exact) mass is 370 g/mol. The van der Waals surface area contributed by atoms with Crippen molar-refractivity contribution in [2.24, 2.45) is 0 Å². The van der Waals surface area contributed by atoms with E-state index >= 15 is 0 Å². The first-order chi connectivity index (χ1) is 12.6. The minimum Gasteiger partial charge on any atom is -0.494 e. The van der Waals surface area contributed by atoms with Crippen LogP contribution < -0.4 is 10.1 Å². The summed E-state index contributed by atoms with van der Waals surface area (Å²) in [5.74, 6) is -0.336. The van der Waals surface area contributed by atoms with Gasteiger partial charge in [0, 0.05) is 23.1 Å². The number of carbonyl (C=O) groups is 1. The van der Waals surface area contributed by atoms with Crippen molar-refractivity contribution in [3.05, 3.63) is 69.8 Å². The fourth-order valence-electron chi connectivity index (χ4n) is 2.58. The minimum atomic E-state index is -0.399. The molecule has 4 nitrogen and oxygen atoms in total. The average Bonchev–Trinajstić information content (AvgIpc) is 3.08. The highest BCUT2D eigenvalue weighted by atomic mass is 32.1. The number of halogens is 1. The van der Waals surface area contributed by atoms with Gasteiger partial charge in [0.15, 0.2) is 11.6 Å². The Bertz CT molecular complexity index is 906. The molecule has 6 heteroatoms. The van der Waals surface area contributed by atoms with E-state index in [1.54, 1.807) is 35.6 Å². The molecule has 0 fully saturated rings. The Morgan fingerprint density at radius 2 is 2.00 bits per heavy atom. The van der Waals surface area contributed by atoms with E-state index in [2.05, 4.69) is 10.3 Å². The smallest absolute Gasteiger partial charge is 0.251 e. The lowest BCUT2D eigenvalue weighted by Crippen LogP contribution is -2.25. The fraction of sp³-hybridized carbons (Fsp3) is 0.200. The largest absolute Gasteiger partial charge is 0.494 e. The first-order valence-electron chi connectivity index (χ1n) is 8.20. The predicted octanol–water partition coefficient (Wildman–Crippen LogP) is 4.24. The van der Waals surface area contributed by atoms with E-state index in [4.69, 9.17) is 4.74 Å². The maximum Gasteiger partial charge on any atom is 0.251 e. The number of nitrogens with zero attached hydrogens (tertiary/aromatic N) is 1. The van der Waals surface area contributed by atoms with Gasteiger partial charge in [-0.2, -0.15) is 0 Å². The third-order valence-electron chi connectivity index (χ3n) is 3.98. The van der Waals surface area contributed by atoms with Crippen molar-refractivity contribution < 1.29 is 13.9 Å². The van der Waals surface area contributed by atoms with Crippen LogP contribution >= 0.6 is 11.3 Å². The van der Waals surface area contributed by atoms with E-state index in [9.17, 15) is 9.18 Å². The predicted molar refractivity (Wildman–Crippen MR) is 101 cm³/mol. The molecule has 2 aromatic carbocycles. The molecule has 0 aliphatic rings. The first-order valence-corrected chi connectivity index (χ1v) is 9.08. The number of thiazole rings is 1. The van der Waals surface area contributed by atoms with Gasteiger partial charge in [0.2, 0.25) is 0 Å². The summed E-state index contributed by atoms with van der Waals surface area (Å²) in [6.45, 7) is 2.39. The number of amides is 1. The number of hydrogen-bond acceptors (Lipinski definition) is 4. The van der Waals surface area contributed by atoms with Gasteiger partial charge in [0.1, 0.15) is 0 Å². The lowest BCUT2D eigenvalue weighted by atomic mass is 10.1. The Kier molecular flexibility index (Phi) is 5.63. The van der Waals surface area contributed by atoms with Gasteiger partial charge >= 0.3 is 0 Å². The van der Waals surface area contributed by atoms with Crippen molar-refractivity contribution >= 4 is 17.2 Å². The van der Waals surface area contributed by atoms with Crippen molar-refractivity contribution in [1.29, 1.82) is 0 Å². The topological polar surface area (TPSA) is 51.2 Å². The summed E-state index contributed by atoms with van der Waals surface area (Å²) in [5, 5.41) is 5.86. The van der Waals surface area contributed by atoms with Crippen LogP contribution in [0.5, 0.6) is 5.75 Å². The summed E-state index contributed by atoms with van der Waals surface area (Å²) in [6, 6.07) is 12.2. The molecule has 0 saturated carbocycles. The van der Waals surface area contributed by atoms with Crippen molar-refractivity contribution in [2.75, 3.05) is 13.7 Å². The van der Waals surface area contributed by atoms with Gasteiger partial charge in [-0.25, -0.2) is 9.37 Å². The molecule has 1 amide bonds. The summed E-state index contributed by atoms with van der Waals surface area (Å²) in [6.07, 6.45) is 0.544. The van der Waals surface area contributed by atoms with Gasteiger partial charge in [0.05, 0.1) is 17.8 Å². The number of methoxy groups -OCH3 is 1. The minimum absolute atomic E-state index is 0.153. The molecule has 0 unspecified atom stereocenters. The fourth-order valence-corrected chi connectivity index (χ4v) is 3.20. The third-order valence-corrected chi connectivity index (χ3v) is 4.75. The summed E-state index contributed by atoms with van der Waals surface area (Å²) in [5.41, 5.74) is 3.29. The van der Waals surface area contributed by atoms with E-state index in [-0.39, 0.29) is 11.7 Å². The van der Waals surface area contributed by atoms with Gasteiger partial charge in [-0.1, -0.05) is 18.2 Å². The second kappa shape index (κ2) is 8.10. The van der Waals surface area contributed by atoms with Crippen LogP contribution in [0.2, 0.25) is 0 Å². The normalized spacial score (nSPS) is 10.6. The van der Waals surface area contributed by atoms with Crippen molar-refractivity contribution in [3.8, 4) is 17.0 Å². The molecule has 0 bridgehead atoms. The summed E-state index contributed by atoms with van der Waals surface area (Å²) in [7, 11) is 1.43. The van der Waals surface area contributed by atoms with Gasteiger partial charge in [-0.15, -0.1) is 11.3 Å². The number of benzene rings is 2. The highest BCUT2D eigenvalue weighted by Crippen LogP contribution is 2.22. The SMILES string of the molecule is COc1ccc(CCNC(=O)c2ccc(-c3csc(C)n3)cc2)cc1F. The van der Waals surface area contributed by atoms with Gasteiger partial charge in [-0.3, -0.25) is 4.79 Å². The third kappa shape index (κ3) is 4.26. The Morgan fingerprint density at radius 1 is 1.23 bits per heavy atom. The molecule has 0 aliphatic heterocycles. The lowest BCUT2D eigenvalue weighted by Gasteiger charge is -2.07. The van der Waals surface area contributed by atoms with Crippen LogP contribution in [0.25, 0.3) is 11.3 Å². The zero-order chi connectivity index (χ0) is 18.5. The van der Waals surface area contributed by atoms with Gasteiger partial charge in [0.25, 0.3) is 5.91 Å². The molecule has 134 valence electrons. The van der Waals surface area contributed by atoms with E-state index in [1.807, 2.05) is 24.4 Å². The Morgan fingerprint density at radius 3 is 2.62 bits per heavy atom. The zero-order valence-corrected chi connectivity index (χ0v) is 15.4. The molecule has 3 rings (SSSR count). The molecule has 3 aromatic rings. The van der Waals surface area contributed by atoms with E-state index < -0.39 is 5.82 Å². The highest BCUT2D eigenvalue weighted by Gasteiger charge is 2.08.